The fraction of sp³-hybridized carbons (Fsp3) is 0. The van der Waals surface area contributed by atoms with Crippen LogP contribution in [-0.4, -0.2) is 0 Å². The molecule has 0 atom stereocenters. The summed E-state index contributed by atoms with van der Waals surface area (Å²) in [5.41, 5.74) is 0. The van der Waals surface area contributed by atoms with E-state index in [9.17, 15) is 0 Å². The minimum Gasteiger partial charge on any atom is -0.0843 e. The summed E-state index contributed by atoms with van der Waals surface area (Å²) in [6.07, 6.45) is 0. The number of benzene rings is 1. The topological polar surface area (TPSA) is 0 Å². The molecule has 0 unspecified atom stereocenters. The molecule has 1 aromatic carbocycles. The van der Waals surface area contributed by atoms with Gasteiger partial charge in [-0.3, -0.25) is 0 Å². The fourth-order valence-corrected chi connectivity index (χ4v) is 0.560. The van der Waals surface area contributed by atoms with Gasteiger partial charge >= 0.3 is 29.6 Å². The van der Waals surface area contributed by atoms with Gasteiger partial charge in [0.2, 0.25) is 0 Å². The molecule has 0 saturated heterocycles. The van der Waals surface area contributed by atoms with Crippen LogP contribution in [0.15, 0.2) is 30.3 Å². The minimum absolute atomic E-state index is 0. The smallest absolute Gasteiger partial charge is 0.0843 e. The molecule has 1 rings (SSSR count). The van der Waals surface area contributed by atoms with E-state index in [0.29, 0.717) is 0 Å². The third kappa shape index (κ3) is 2.73. The first-order valence-corrected chi connectivity index (χ1v) is 2.48. The van der Waals surface area contributed by atoms with Crippen molar-refractivity contribution in [1.82, 2.24) is 0 Å². The van der Waals surface area contributed by atoms with Crippen LogP contribution in [0, 0.1) is 0 Å². The van der Waals surface area contributed by atoms with Crippen molar-refractivity contribution in [3.8, 4) is 0 Å². The van der Waals surface area contributed by atoms with Gasteiger partial charge in [0.15, 0.2) is 0 Å². The van der Waals surface area contributed by atoms with Gasteiger partial charge in [0, 0.05) is 5.02 Å². The molecule has 2 heteroatoms. The predicted octanol–water partition coefficient (Wildman–Crippen LogP) is -0.656. The van der Waals surface area contributed by atoms with Crippen LogP contribution in [0.5, 0.6) is 0 Å². The molecule has 8 heavy (non-hydrogen) atoms. The molecule has 0 spiro atoms. The van der Waals surface area contributed by atoms with E-state index in [1.165, 1.54) is 0 Å². The molecule has 0 aliphatic rings. The first-order chi connectivity index (χ1) is 3.39. The zero-order valence-corrected chi connectivity index (χ0v) is 7.52. The molecular weight excluding hydrogens is 131 g/mol. The number of rotatable bonds is 0. The van der Waals surface area contributed by atoms with Crippen LogP contribution in [0.1, 0.15) is 0 Å². The summed E-state index contributed by atoms with van der Waals surface area (Å²) < 4.78 is 0. The van der Waals surface area contributed by atoms with Crippen molar-refractivity contribution in [3.05, 3.63) is 35.4 Å². The molecule has 36 valence electrons. The van der Waals surface area contributed by atoms with Crippen molar-refractivity contribution in [3.63, 3.8) is 0 Å². The van der Waals surface area contributed by atoms with Crippen LogP contribution in [-0.2, 0) is 0 Å². The second kappa shape index (κ2) is 4.39. The van der Waals surface area contributed by atoms with Crippen LogP contribution < -0.4 is 29.6 Å². The molecule has 0 heterocycles. The average molecular weight is 136 g/mol. The quantitative estimate of drug-likeness (QED) is 0.415. The average Bonchev–Trinajstić information content (AvgIpc) is 1.69. The van der Waals surface area contributed by atoms with Gasteiger partial charge in [0.1, 0.15) is 0 Å². The zero-order chi connectivity index (χ0) is 5.11. The van der Waals surface area contributed by atoms with E-state index in [4.69, 9.17) is 11.6 Å². The molecule has 0 aliphatic heterocycles. The molecule has 0 fully saturated rings. The van der Waals surface area contributed by atoms with Crippen LogP contribution in [0.4, 0.5) is 0 Å². The number of halogens is 1. The third-order valence-corrected chi connectivity index (χ3v) is 0.985. The Morgan fingerprint density at radius 2 is 1.50 bits per heavy atom. The minimum atomic E-state index is 0. The Bertz CT molecular complexity index is 138. The van der Waals surface area contributed by atoms with Crippen molar-refractivity contribution >= 4 is 11.6 Å². The Balaban J connectivity index is 0.000000490. The maximum atomic E-state index is 5.54. The SMILES string of the molecule is Clc1ccccc1.[Na+]. The maximum absolute atomic E-state index is 5.54. The molecular formula is C6H5ClNa+. The Morgan fingerprint density at radius 3 is 1.75 bits per heavy atom. The summed E-state index contributed by atoms with van der Waals surface area (Å²) in [6.45, 7) is 0. The first kappa shape index (κ1) is 8.51. The Morgan fingerprint density at radius 1 is 1.00 bits per heavy atom. The van der Waals surface area contributed by atoms with Gasteiger partial charge in [0.05, 0.1) is 0 Å². The van der Waals surface area contributed by atoms with Crippen LogP contribution in [0.25, 0.3) is 0 Å². The van der Waals surface area contributed by atoms with Crippen LogP contribution >= 0.6 is 11.6 Å². The van der Waals surface area contributed by atoms with E-state index in [1.807, 2.05) is 30.3 Å². The Kier molecular flexibility index (Phi) is 4.68. The standard InChI is InChI=1S/C6H5Cl.Na/c7-6-4-2-1-3-5-6;/h1-5H;/q;+1. The van der Waals surface area contributed by atoms with Crippen molar-refractivity contribution in [2.24, 2.45) is 0 Å². The van der Waals surface area contributed by atoms with E-state index in [1.54, 1.807) is 0 Å². The summed E-state index contributed by atoms with van der Waals surface area (Å²) in [6, 6.07) is 9.44. The molecule has 0 bridgehead atoms. The fourth-order valence-electron chi connectivity index (χ4n) is 0.415. The predicted molar refractivity (Wildman–Crippen MR) is 31.5 cm³/mol. The van der Waals surface area contributed by atoms with Crippen LogP contribution in [0.3, 0.4) is 0 Å². The van der Waals surface area contributed by atoms with Gasteiger partial charge < -0.3 is 0 Å². The third-order valence-electron chi connectivity index (χ3n) is 0.733. The van der Waals surface area contributed by atoms with E-state index >= 15 is 0 Å². The van der Waals surface area contributed by atoms with E-state index in [2.05, 4.69) is 0 Å². The summed E-state index contributed by atoms with van der Waals surface area (Å²) in [5, 5.41) is 0.794. The maximum Gasteiger partial charge on any atom is 1.00 e. The van der Waals surface area contributed by atoms with Gasteiger partial charge in [-0.25, -0.2) is 0 Å². The van der Waals surface area contributed by atoms with E-state index in [0.717, 1.165) is 5.02 Å². The Hall–Kier alpha value is 0.510. The number of hydrogen-bond donors (Lipinski definition) is 0. The number of hydrogen-bond acceptors (Lipinski definition) is 0. The molecule has 0 aromatic heterocycles. The summed E-state index contributed by atoms with van der Waals surface area (Å²) in [5.74, 6) is 0. The van der Waals surface area contributed by atoms with E-state index in [-0.39, 0.29) is 29.6 Å². The second-order valence-corrected chi connectivity index (χ2v) is 1.73. The molecule has 0 N–H and O–H groups in total. The summed E-state index contributed by atoms with van der Waals surface area (Å²) in [4.78, 5) is 0. The van der Waals surface area contributed by atoms with Crippen molar-refractivity contribution < 1.29 is 29.6 Å². The molecule has 0 saturated carbocycles. The molecule has 0 radical (unpaired) electrons. The summed E-state index contributed by atoms with van der Waals surface area (Å²) in [7, 11) is 0. The first-order valence-electron chi connectivity index (χ1n) is 2.10. The Labute approximate surface area is 76.1 Å². The monoisotopic (exact) mass is 135 g/mol. The summed E-state index contributed by atoms with van der Waals surface area (Å²) >= 11 is 5.54. The van der Waals surface area contributed by atoms with Gasteiger partial charge in [-0.2, -0.15) is 0 Å². The van der Waals surface area contributed by atoms with Gasteiger partial charge in [-0.05, 0) is 12.1 Å². The molecule has 1 aromatic rings. The van der Waals surface area contributed by atoms with Crippen molar-refractivity contribution in [2.75, 3.05) is 0 Å². The molecule has 0 amide bonds. The molecule has 0 nitrogen and oxygen atoms in total. The zero-order valence-electron chi connectivity index (χ0n) is 4.76. The second-order valence-electron chi connectivity index (χ2n) is 1.30. The van der Waals surface area contributed by atoms with Gasteiger partial charge in [-0.1, -0.05) is 29.8 Å². The largest absolute Gasteiger partial charge is 1.00 e. The van der Waals surface area contributed by atoms with Gasteiger partial charge in [-0.15, -0.1) is 0 Å². The van der Waals surface area contributed by atoms with Gasteiger partial charge in [0.25, 0.3) is 0 Å². The van der Waals surface area contributed by atoms with Crippen molar-refractivity contribution in [2.45, 2.75) is 0 Å². The van der Waals surface area contributed by atoms with E-state index < -0.39 is 0 Å². The van der Waals surface area contributed by atoms with Crippen LogP contribution in [0.2, 0.25) is 5.02 Å². The normalized spacial score (nSPS) is 7.62. The van der Waals surface area contributed by atoms with Crippen molar-refractivity contribution in [1.29, 1.82) is 0 Å². The molecule has 0 aliphatic carbocycles.